The summed E-state index contributed by atoms with van der Waals surface area (Å²) in [5, 5.41) is 15.5. The number of nitrogens with one attached hydrogen (secondary N) is 1. The zero-order valence-corrected chi connectivity index (χ0v) is 10.1. The second-order valence-electron chi connectivity index (χ2n) is 4.32. The highest BCUT2D eigenvalue weighted by Crippen LogP contribution is 2.23. The largest absolute Gasteiger partial charge is 0.316 e. The van der Waals surface area contributed by atoms with Crippen molar-refractivity contribution in [2.24, 2.45) is 12.5 Å². The Morgan fingerprint density at radius 1 is 1.40 bits per heavy atom. The molecule has 0 amide bonds. The van der Waals surface area contributed by atoms with Gasteiger partial charge >= 0.3 is 0 Å². The third kappa shape index (κ3) is 3.58. The van der Waals surface area contributed by atoms with Gasteiger partial charge in [0.05, 0.1) is 7.05 Å². The van der Waals surface area contributed by atoms with Crippen LogP contribution in [-0.2, 0) is 13.5 Å². The first kappa shape index (κ1) is 12.1. The summed E-state index contributed by atoms with van der Waals surface area (Å²) < 4.78 is 0. The molecule has 1 N–H and O–H groups in total. The fourth-order valence-electron chi connectivity index (χ4n) is 1.52. The summed E-state index contributed by atoms with van der Waals surface area (Å²) in [6, 6.07) is 0. The molecule has 0 spiro atoms. The molecule has 0 aliphatic carbocycles. The highest BCUT2D eigenvalue weighted by Gasteiger charge is 2.24. The lowest BCUT2D eigenvalue weighted by molar-refractivity contribution is 0.287. The quantitative estimate of drug-likeness (QED) is 0.755. The van der Waals surface area contributed by atoms with Gasteiger partial charge in [0.15, 0.2) is 5.82 Å². The summed E-state index contributed by atoms with van der Waals surface area (Å²) >= 11 is 0. The lowest BCUT2D eigenvalue weighted by Crippen LogP contribution is -2.33. The van der Waals surface area contributed by atoms with Crippen molar-refractivity contribution in [2.45, 2.75) is 33.6 Å². The fourth-order valence-corrected chi connectivity index (χ4v) is 1.52. The monoisotopic (exact) mass is 211 g/mol. The van der Waals surface area contributed by atoms with E-state index in [1.807, 2.05) is 0 Å². The van der Waals surface area contributed by atoms with Gasteiger partial charge in [-0.3, -0.25) is 0 Å². The van der Waals surface area contributed by atoms with Gasteiger partial charge in [-0.1, -0.05) is 20.8 Å². The average Bonchev–Trinajstić information content (AvgIpc) is 2.61. The second kappa shape index (κ2) is 5.21. The normalized spacial score (nSPS) is 15.2. The Morgan fingerprint density at radius 2 is 2.13 bits per heavy atom. The Labute approximate surface area is 91.2 Å². The second-order valence-corrected chi connectivity index (χ2v) is 4.32. The van der Waals surface area contributed by atoms with Crippen molar-refractivity contribution in [2.75, 3.05) is 13.1 Å². The van der Waals surface area contributed by atoms with E-state index in [-0.39, 0.29) is 5.41 Å². The van der Waals surface area contributed by atoms with E-state index in [0.29, 0.717) is 0 Å². The molecule has 1 heterocycles. The number of aryl methyl sites for hydroxylation is 1. The van der Waals surface area contributed by atoms with Crippen LogP contribution in [0.4, 0.5) is 0 Å². The van der Waals surface area contributed by atoms with Crippen molar-refractivity contribution in [3.8, 4) is 0 Å². The van der Waals surface area contributed by atoms with Gasteiger partial charge in [-0.25, -0.2) is 0 Å². The van der Waals surface area contributed by atoms with E-state index >= 15 is 0 Å². The number of tetrazole rings is 1. The van der Waals surface area contributed by atoms with Crippen molar-refractivity contribution < 1.29 is 0 Å². The molecule has 1 atom stereocenters. The molecule has 1 rings (SSSR count). The predicted molar refractivity (Wildman–Crippen MR) is 59.4 cm³/mol. The number of nitrogens with zero attached hydrogens (tertiary/aromatic N) is 4. The Morgan fingerprint density at radius 3 is 2.60 bits per heavy atom. The first-order chi connectivity index (χ1) is 7.09. The molecule has 1 aromatic rings. The van der Waals surface area contributed by atoms with Gasteiger partial charge in [0.2, 0.25) is 0 Å². The number of hydrogen-bond donors (Lipinski definition) is 1. The maximum atomic E-state index is 4.22. The van der Waals surface area contributed by atoms with E-state index in [0.717, 1.165) is 31.8 Å². The Kier molecular flexibility index (Phi) is 4.20. The molecule has 5 nitrogen and oxygen atoms in total. The molecule has 0 saturated carbocycles. The SMILES string of the molecule is CCNCC(C)(CC)Cc1nnn(C)n1. The molecule has 5 heteroatoms. The minimum atomic E-state index is 0.221. The molecule has 0 aliphatic rings. The van der Waals surface area contributed by atoms with E-state index in [4.69, 9.17) is 0 Å². The molecule has 1 unspecified atom stereocenters. The van der Waals surface area contributed by atoms with E-state index < -0.39 is 0 Å². The van der Waals surface area contributed by atoms with Crippen LogP contribution in [-0.4, -0.2) is 33.3 Å². The van der Waals surface area contributed by atoms with Crippen molar-refractivity contribution in [1.29, 1.82) is 0 Å². The molecular weight excluding hydrogens is 190 g/mol. The molecule has 0 fully saturated rings. The molecule has 0 bridgehead atoms. The third-order valence-electron chi connectivity index (χ3n) is 2.79. The summed E-state index contributed by atoms with van der Waals surface area (Å²) in [5.41, 5.74) is 0.221. The van der Waals surface area contributed by atoms with Crippen LogP contribution in [0.15, 0.2) is 0 Å². The molecular formula is C10H21N5. The summed E-state index contributed by atoms with van der Waals surface area (Å²) in [4.78, 5) is 1.51. The van der Waals surface area contributed by atoms with Crippen molar-refractivity contribution >= 4 is 0 Å². The van der Waals surface area contributed by atoms with Crippen LogP contribution in [0.25, 0.3) is 0 Å². The first-order valence-corrected chi connectivity index (χ1v) is 5.53. The molecule has 1 aromatic heterocycles. The highest BCUT2D eigenvalue weighted by molar-refractivity contribution is 4.88. The molecule has 0 radical (unpaired) electrons. The zero-order valence-electron chi connectivity index (χ0n) is 10.1. The molecule has 0 saturated heterocycles. The molecule has 0 aliphatic heterocycles. The average molecular weight is 211 g/mol. The van der Waals surface area contributed by atoms with Gasteiger partial charge in [-0.05, 0) is 23.6 Å². The maximum absolute atomic E-state index is 4.22. The van der Waals surface area contributed by atoms with Gasteiger partial charge in [0.1, 0.15) is 0 Å². The minimum absolute atomic E-state index is 0.221. The van der Waals surface area contributed by atoms with Gasteiger partial charge in [-0.2, -0.15) is 4.80 Å². The number of aromatic nitrogens is 4. The Hall–Kier alpha value is -0.970. The van der Waals surface area contributed by atoms with Crippen molar-refractivity contribution in [1.82, 2.24) is 25.5 Å². The standard InChI is InChI=1S/C10H21N5/c1-5-10(3,8-11-6-2)7-9-12-14-15(4)13-9/h11H,5-8H2,1-4H3. The van der Waals surface area contributed by atoms with Gasteiger partial charge in [0.25, 0.3) is 0 Å². The van der Waals surface area contributed by atoms with Crippen LogP contribution in [0.5, 0.6) is 0 Å². The molecule has 15 heavy (non-hydrogen) atoms. The van der Waals surface area contributed by atoms with Crippen LogP contribution >= 0.6 is 0 Å². The lowest BCUT2D eigenvalue weighted by Gasteiger charge is -2.26. The highest BCUT2D eigenvalue weighted by atomic mass is 15.6. The summed E-state index contributed by atoms with van der Waals surface area (Å²) in [7, 11) is 1.80. The van der Waals surface area contributed by atoms with Crippen LogP contribution < -0.4 is 5.32 Å². The van der Waals surface area contributed by atoms with E-state index in [9.17, 15) is 0 Å². The summed E-state index contributed by atoms with van der Waals surface area (Å²) in [6.45, 7) is 8.58. The van der Waals surface area contributed by atoms with Crippen LogP contribution in [0.2, 0.25) is 0 Å². The lowest BCUT2D eigenvalue weighted by atomic mass is 9.83. The minimum Gasteiger partial charge on any atom is -0.316 e. The summed E-state index contributed by atoms with van der Waals surface area (Å²) in [5.74, 6) is 0.833. The van der Waals surface area contributed by atoms with Crippen LogP contribution in [0.1, 0.15) is 33.0 Å². The van der Waals surface area contributed by atoms with E-state index in [2.05, 4.69) is 41.5 Å². The van der Waals surface area contributed by atoms with E-state index in [1.54, 1.807) is 7.05 Å². The van der Waals surface area contributed by atoms with Crippen molar-refractivity contribution in [3.05, 3.63) is 5.82 Å². The third-order valence-corrected chi connectivity index (χ3v) is 2.79. The molecule has 86 valence electrons. The van der Waals surface area contributed by atoms with Gasteiger partial charge in [-0.15, -0.1) is 10.2 Å². The smallest absolute Gasteiger partial charge is 0.175 e. The maximum Gasteiger partial charge on any atom is 0.175 e. The summed E-state index contributed by atoms with van der Waals surface area (Å²) in [6.07, 6.45) is 1.99. The van der Waals surface area contributed by atoms with Crippen molar-refractivity contribution in [3.63, 3.8) is 0 Å². The van der Waals surface area contributed by atoms with Gasteiger partial charge in [0, 0.05) is 13.0 Å². The molecule has 0 aromatic carbocycles. The van der Waals surface area contributed by atoms with Crippen LogP contribution in [0.3, 0.4) is 0 Å². The van der Waals surface area contributed by atoms with E-state index in [1.165, 1.54) is 4.80 Å². The fraction of sp³-hybridized carbons (Fsp3) is 0.900. The Balaban J connectivity index is 2.59. The predicted octanol–water partition coefficient (Wildman–Crippen LogP) is 0.778. The zero-order chi connectivity index (χ0) is 11.3. The number of hydrogen-bond acceptors (Lipinski definition) is 4. The Bertz CT molecular complexity index is 296. The van der Waals surface area contributed by atoms with Crippen LogP contribution in [0, 0.1) is 5.41 Å². The number of rotatable bonds is 6. The topological polar surface area (TPSA) is 55.6 Å². The van der Waals surface area contributed by atoms with Gasteiger partial charge < -0.3 is 5.32 Å². The first-order valence-electron chi connectivity index (χ1n) is 5.53.